The molecule has 0 radical (unpaired) electrons. The molecular formula is C11H20N2O9. The van der Waals surface area contributed by atoms with Gasteiger partial charge in [-0.3, -0.25) is 0 Å². The van der Waals surface area contributed by atoms with Gasteiger partial charge in [-0.05, 0) is 19.8 Å². The molecule has 0 amide bonds. The van der Waals surface area contributed by atoms with Gasteiger partial charge in [-0.25, -0.2) is 4.79 Å². The molecule has 0 aliphatic rings. The summed E-state index contributed by atoms with van der Waals surface area (Å²) in [6, 6.07) is 0. The zero-order valence-electron chi connectivity index (χ0n) is 12.8. The first-order chi connectivity index (χ1) is 10.0. The fraction of sp³-hybridized carbons (Fsp3) is 0.909. The van der Waals surface area contributed by atoms with E-state index >= 15 is 0 Å². The number of carbonyl (C=O) groups excluding carboxylic acids is 1. The minimum Gasteiger partial charge on any atom is -0.434 e. The maximum Gasteiger partial charge on any atom is 0.508 e. The molecule has 128 valence electrons. The topological polar surface area (TPSA) is 140 Å². The molecule has 0 saturated carbocycles. The molecule has 0 saturated heterocycles. The number of hydrogen-bond acceptors (Lipinski definition) is 9. The second-order valence-corrected chi connectivity index (χ2v) is 5.22. The Morgan fingerprint density at radius 2 is 1.77 bits per heavy atom. The van der Waals surface area contributed by atoms with Gasteiger partial charge in [-0.1, -0.05) is 13.8 Å². The highest BCUT2D eigenvalue weighted by Gasteiger charge is 2.28. The lowest BCUT2D eigenvalue weighted by molar-refractivity contribution is -0.790. The van der Waals surface area contributed by atoms with E-state index in [2.05, 4.69) is 9.68 Å². The van der Waals surface area contributed by atoms with E-state index in [0.29, 0.717) is 0 Å². The normalized spacial score (nSPS) is 12.4. The van der Waals surface area contributed by atoms with Crippen LogP contribution in [0.5, 0.6) is 0 Å². The molecule has 0 N–H and O–H groups in total. The van der Waals surface area contributed by atoms with Gasteiger partial charge in [-0.2, -0.15) is 0 Å². The van der Waals surface area contributed by atoms with Crippen LogP contribution in [0.2, 0.25) is 0 Å². The van der Waals surface area contributed by atoms with E-state index in [-0.39, 0.29) is 18.9 Å². The van der Waals surface area contributed by atoms with E-state index in [1.807, 2.05) is 13.8 Å². The van der Waals surface area contributed by atoms with Crippen LogP contribution in [0.4, 0.5) is 4.79 Å². The third-order valence-electron chi connectivity index (χ3n) is 3.00. The van der Waals surface area contributed by atoms with E-state index < -0.39 is 34.6 Å². The van der Waals surface area contributed by atoms with Crippen molar-refractivity contribution in [1.29, 1.82) is 0 Å². The van der Waals surface area contributed by atoms with Crippen LogP contribution in [0.25, 0.3) is 0 Å². The average Bonchev–Trinajstić information content (AvgIpc) is 2.34. The van der Waals surface area contributed by atoms with Crippen LogP contribution in [0.1, 0.15) is 34.1 Å². The monoisotopic (exact) mass is 324 g/mol. The molecule has 0 heterocycles. The van der Waals surface area contributed by atoms with Crippen LogP contribution in [0, 0.1) is 26.1 Å². The number of carbonyl (C=O) groups is 1. The van der Waals surface area contributed by atoms with Crippen LogP contribution in [-0.2, 0) is 19.1 Å². The van der Waals surface area contributed by atoms with Crippen LogP contribution in [0.3, 0.4) is 0 Å². The van der Waals surface area contributed by atoms with Gasteiger partial charge in [0.05, 0.1) is 6.61 Å². The van der Waals surface area contributed by atoms with Crippen molar-refractivity contribution in [3.63, 3.8) is 0 Å². The fourth-order valence-electron chi connectivity index (χ4n) is 1.07. The van der Waals surface area contributed by atoms with Gasteiger partial charge in [-0.15, -0.1) is 20.2 Å². The Kier molecular flexibility index (Phi) is 7.91. The summed E-state index contributed by atoms with van der Waals surface area (Å²) < 4.78 is 9.84. The molecule has 22 heavy (non-hydrogen) atoms. The van der Waals surface area contributed by atoms with Crippen molar-refractivity contribution < 1.29 is 34.1 Å². The van der Waals surface area contributed by atoms with Gasteiger partial charge in [0.2, 0.25) is 0 Å². The Labute approximate surface area is 126 Å². The van der Waals surface area contributed by atoms with Crippen LogP contribution >= 0.6 is 0 Å². The smallest absolute Gasteiger partial charge is 0.434 e. The summed E-state index contributed by atoms with van der Waals surface area (Å²) in [4.78, 5) is 39.9. The lowest BCUT2D eigenvalue weighted by atomic mass is 9.95. The van der Waals surface area contributed by atoms with E-state index in [1.165, 1.54) is 0 Å². The summed E-state index contributed by atoms with van der Waals surface area (Å²) in [6.45, 7) is 6.23. The van der Waals surface area contributed by atoms with Crippen molar-refractivity contribution in [3.8, 4) is 0 Å². The largest absolute Gasteiger partial charge is 0.508 e. The third-order valence-corrected chi connectivity index (χ3v) is 3.00. The summed E-state index contributed by atoms with van der Waals surface area (Å²) in [6.07, 6.45) is -2.33. The van der Waals surface area contributed by atoms with E-state index in [4.69, 9.17) is 9.47 Å². The van der Waals surface area contributed by atoms with Gasteiger partial charge in [0.15, 0.2) is 0 Å². The molecule has 0 bridgehead atoms. The van der Waals surface area contributed by atoms with E-state index in [9.17, 15) is 25.0 Å². The molecule has 0 rings (SSSR count). The maximum atomic E-state index is 11.5. The first-order valence-corrected chi connectivity index (χ1v) is 6.48. The SMILES string of the molecule is CC(C)C(C)(C)OC(=O)OCC[C@@H](CO[N+](=O)[O-])O[N+](=O)[O-]. The second-order valence-electron chi connectivity index (χ2n) is 5.22. The first-order valence-electron chi connectivity index (χ1n) is 6.48. The highest BCUT2D eigenvalue weighted by molar-refractivity contribution is 5.60. The van der Waals surface area contributed by atoms with Crippen LogP contribution in [-0.4, -0.2) is 41.2 Å². The highest BCUT2D eigenvalue weighted by atomic mass is 17.0. The molecule has 11 nitrogen and oxygen atoms in total. The Morgan fingerprint density at radius 3 is 2.23 bits per heavy atom. The minimum absolute atomic E-state index is 0.0547. The molecule has 1 atom stereocenters. The second kappa shape index (κ2) is 8.85. The van der Waals surface area contributed by atoms with E-state index in [1.54, 1.807) is 13.8 Å². The number of ether oxygens (including phenoxy) is 2. The molecule has 0 unspecified atom stereocenters. The van der Waals surface area contributed by atoms with Gasteiger partial charge in [0, 0.05) is 6.42 Å². The molecule has 0 aromatic heterocycles. The Balaban J connectivity index is 4.22. The van der Waals surface area contributed by atoms with Crippen LogP contribution < -0.4 is 0 Å². The third kappa shape index (κ3) is 8.76. The lowest BCUT2D eigenvalue weighted by Crippen LogP contribution is -2.34. The predicted molar refractivity (Wildman–Crippen MR) is 70.8 cm³/mol. The van der Waals surface area contributed by atoms with Crippen molar-refractivity contribution in [1.82, 2.24) is 0 Å². The zero-order chi connectivity index (χ0) is 17.3. The predicted octanol–water partition coefficient (Wildman–Crippen LogP) is 1.75. The molecule has 0 aromatic carbocycles. The number of nitrogens with zero attached hydrogens (tertiary/aromatic N) is 2. The summed E-state index contributed by atoms with van der Waals surface area (Å²) in [5, 5.41) is 18.1. The Bertz CT molecular complexity index is 397. The van der Waals surface area contributed by atoms with Crippen molar-refractivity contribution in [2.24, 2.45) is 5.92 Å². The molecule has 0 aliphatic carbocycles. The molecule has 0 spiro atoms. The van der Waals surface area contributed by atoms with Crippen molar-refractivity contribution >= 4 is 6.16 Å². The van der Waals surface area contributed by atoms with Crippen molar-refractivity contribution in [2.75, 3.05) is 13.2 Å². The molecule has 0 aromatic rings. The summed E-state index contributed by atoms with van der Waals surface area (Å²) in [5.74, 6) is 0.0547. The van der Waals surface area contributed by atoms with Crippen molar-refractivity contribution in [2.45, 2.75) is 45.8 Å². The summed E-state index contributed by atoms with van der Waals surface area (Å²) in [5.41, 5.74) is -0.734. The highest BCUT2D eigenvalue weighted by Crippen LogP contribution is 2.21. The average molecular weight is 324 g/mol. The van der Waals surface area contributed by atoms with E-state index in [0.717, 1.165) is 0 Å². The van der Waals surface area contributed by atoms with Crippen LogP contribution in [0.15, 0.2) is 0 Å². The summed E-state index contributed by atoms with van der Waals surface area (Å²) in [7, 11) is 0. The zero-order valence-corrected chi connectivity index (χ0v) is 12.8. The van der Waals surface area contributed by atoms with Crippen molar-refractivity contribution in [3.05, 3.63) is 20.2 Å². The number of hydrogen-bond donors (Lipinski definition) is 0. The summed E-state index contributed by atoms with van der Waals surface area (Å²) >= 11 is 0. The van der Waals surface area contributed by atoms with Gasteiger partial charge < -0.3 is 19.1 Å². The number of rotatable bonds is 10. The molecule has 0 aliphatic heterocycles. The minimum atomic E-state index is -1.23. The molecular weight excluding hydrogens is 304 g/mol. The van der Waals surface area contributed by atoms with Gasteiger partial charge >= 0.3 is 6.16 Å². The lowest BCUT2D eigenvalue weighted by Gasteiger charge is -2.28. The molecule has 0 fully saturated rings. The van der Waals surface area contributed by atoms with Gasteiger partial charge in [0.1, 0.15) is 18.3 Å². The van der Waals surface area contributed by atoms with Gasteiger partial charge in [0.25, 0.3) is 10.2 Å². The maximum absolute atomic E-state index is 11.5. The Morgan fingerprint density at radius 1 is 1.18 bits per heavy atom. The first kappa shape index (κ1) is 19.7. The Hall–Kier alpha value is -2.33. The molecule has 11 heteroatoms. The quantitative estimate of drug-likeness (QED) is 0.333. The standard InChI is InChI=1S/C11H20N2O9/c1-8(2)11(3,4)21-10(14)19-6-5-9(22-13(17)18)7-20-12(15)16/h8-9H,5-7H2,1-4H3/t9-/m0/s1. The fourth-order valence-corrected chi connectivity index (χ4v) is 1.07.